The number of carbonyl (C=O) groups is 1. The standard InChI is InChI=1S/C8H10ClNO2S/c1-5-6(12-5)10-7(11)8(9)3-2-4-13-8/h2,4-6H,3H2,1H3,(H,10,11). The summed E-state index contributed by atoms with van der Waals surface area (Å²) in [4.78, 5) is 11.6. The summed E-state index contributed by atoms with van der Waals surface area (Å²) in [6.07, 6.45) is 2.47. The number of rotatable bonds is 2. The van der Waals surface area contributed by atoms with Gasteiger partial charge in [-0.25, -0.2) is 0 Å². The van der Waals surface area contributed by atoms with Crippen LogP contribution in [0, 0.1) is 0 Å². The summed E-state index contributed by atoms with van der Waals surface area (Å²) >= 11 is 7.41. The van der Waals surface area contributed by atoms with E-state index in [4.69, 9.17) is 16.3 Å². The van der Waals surface area contributed by atoms with Crippen LogP contribution in [0.2, 0.25) is 0 Å². The number of epoxide rings is 1. The average Bonchev–Trinajstić information content (AvgIpc) is 2.62. The summed E-state index contributed by atoms with van der Waals surface area (Å²) in [5.74, 6) is -0.154. The summed E-state index contributed by atoms with van der Waals surface area (Å²) in [7, 11) is 0. The number of amides is 1. The lowest BCUT2D eigenvalue weighted by Crippen LogP contribution is -2.40. The number of allylic oxidation sites excluding steroid dienone is 1. The fraction of sp³-hybridized carbons (Fsp3) is 0.625. The first-order valence-electron chi connectivity index (χ1n) is 4.10. The van der Waals surface area contributed by atoms with Crippen molar-refractivity contribution in [1.29, 1.82) is 0 Å². The maximum atomic E-state index is 11.6. The summed E-state index contributed by atoms with van der Waals surface area (Å²) in [5, 5.41) is 4.58. The molecule has 3 nitrogen and oxygen atoms in total. The minimum Gasteiger partial charge on any atom is -0.348 e. The molecule has 1 N–H and O–H groups in total. The van der Waals surface area contributed by atoms with Gasteiger partial charge in [0.05, 0.1) is 0 Å². The van der Waals surface area contributed by atoms with Gasteiger partial charge in [-0.15, -0.1) is 11.8 Å². The normalized spacial score (nSPS) is 42.0. The Morgan fingerprint density at radius 2 is 2.54 bits per heavy atom. The zero-order valence-corrected chi connectivity index (χ0v) is 8.69. The van der Waals surface area contributed by atoms with E-state index in [2.05, 4.69) is 5.32 Å². The van der Waals surface area contributed by atoms with Crippen molar-refractivity contribution in [2.75, 3.05) is 0 Å². The number of halogens is 1. The molecule has 1 fully saturated rings. The third kappa shape index (κ3) is 1.85. The molecule has 72 valence electrons. The first-order valence-corrected chi connectivity index (χ1v) is 5.36. The van der Waals surface area contributed by atoms with E-state index in [1.807, 2.05) is 18.4 Å². The molecule has 3 unspecified atom stereocenters. The molecule has 2 rings (SSSR count). The highest BCUT2D eigenvalue weighted by Gasteiger charge is 2.43. The van der Waals surface area contributed by atoms with Crippen molar-refractivity contribution in [2.45, 2.75) is 29.9 Å². The maximum absolute atomic E-state index is 11.6. The lowest BCUT2D eigenvalue weighted by Gasteiger charge is -2.17. The maximum Gasteiger partial charge on any atom is 0.254 e. The second-order valence-corrected chi connectivity index (χ2v) is 5.23. The van der Waals surface area contributed by atoms with Crippen LogP contribution < -0.4 is 5.32 Å². The molecule has 0 aromatic rings. The molecule has 0 bridgehead atoms. The quantitative estimate of drug-likeness (QED) is 0.565. The fourth-order valence-electron chi connectivity index (χ4n) is 1.12. The molecule has 0 aliphatic carbocycles. The SMILES string of the molecule is CC1OC1NC(=O)C1(Cl)CC=CS1. The third-order valence-electron chi connectivity index (χ3n) is 2.05. The highest BCUT2D eigenvalue weighted by atomic mass is 35.5. The van der Waals surface area contributed by atoms with Crippen LogP contribution in [0.1, 0.15) is 13.3 Å². The van der Waals surface area contributed by atoms with Crippen LogP contribution in [-0.2, 0) is 9.53 Å². The fourth-order valence-corrected chi connectivity index (χ4v) is 2.19. The van der Waals surface area contributed by atoms with Gasteiger partial charge in [0.2, 0.25) is 0 Å². The van der Waals surface area contributed by atoms with E-state index in [9.17, 15) is 4.79 Å². The molecule has 5 heteroatoms. The third-order valence-corrected chi connectivity index (χ3v) is 3.70. The molecule has 0 aromatic carbocycles. The Hall–Kier alpha value is -0.190. The van der Waals surface area contributed by atoms with Gasteiger partial charge in [-0.3, -0.25) is 4.79 Å². The number of thioether (sulfide) groups is 1. The largest absolute Gasteiger partial charge is 0.348 e. The van der Waals surface area contributed by atoms with Crippen molar-refractivity contribution >= 4 is 29.3 Å². The van der Waals surface area contributed by atoms with Gasteiger partial charge < -0.3 is 10.1 Å². The van der Waals surface area contributed by atoms with E-state index in [1.165, 1.54) is 11.8 Å². The second-order valence-electron chi connectivity index (χ2n) is 3.16. The van der Waals surface area contributed by atoms with Crippen molar-refractivity contribution < 1.29 is 9.53 Å². The Morgan fingerprint density at radius 1 is 1.85 bits per heavy atom. The van der Waals surface area contributed by atoms with Crippen molar-refractivity contribution in [2.24, 2.45) is 0 Å². The Bertz CT molecular complexity index is 261. The van der Waals surface area contributed by atoms with Crippen molar-refractivity contribution in [1.82, 2.24) is 5.32 Å². The molecule has 0 aromatic heterocycles. The summed E-state index contributed by atoms with van der Waals surface area (Å²) < 4.78 is 4.23. The van der Waals surface area contributed by atoms with E-state index < -0.39 is 4.21 Å². The molecule has 2 aliphatic rings. The molecule has 0 spiro atoms. The summed E-state index contributed by atoms with van der Waals surface area (Å²) in [6, 6.07) is 0. The van der Waals surface area contributed by atoms with Gasteiger partial charge in [-0.05, 0) is 12.3 Å². The van der Waals surface area contributed by atoms with Gasteiger partial charge in [0, 0.05) is 6.42 Å². The van der Waals surface area contributed by atoms with E-state index in [1.54, 1.807) is 0 Å². The van der Waals surface area contributed by atoms with Crippen LogP contribution in [0.25, 0.3) is 0 Å². The highest BCUT2D eigenvalue weighted by Crippen LogP contribution is 2.40. The van der Waals surface area contributed by atoms with Gasteiger partial charge in [-0.2, -0.15) is 0 Å². The minimum absolute atomic E-state index is 0.128. The van der Waals surface area contributed by atoms with Crippen LogP contribution in [0.4, 0.5) is 0 Å². The first-order chi connectivity index (χ1) is 6.12. The van der Waals surface area contributed by atoms with Gasteiger partial charge in [0.25, 0.3) is 5.91 Å². The van der Waals surface area contributed by atoms with Crippen molar-refractivity contribution in [3.05, 3.63) is 11.5 Å². The molecule has 1 saturated heterocycles. The molecule has 0 saturated carbocycles. The summed E-state index contributed by atoms with van der Waals surface area (Å²) in [6.45, 7) is 1.91. The number of alkyl halides is 1. The average molecular weight is 220 g/mol. The number of hydrogen-bond donors (Lipinski definition) is 1. The van der Waals surface area contributed by atoms with Gasteiger partial charge in [0.15, 0.2) is 10.4 Å². The molecule has 0 radical (unpaired) electrons. The topological polar surface area (TPSA) is 41.6 Å². The van der Waals surface area contributed by atoms with Gasteiger partial charge >= 0.3 is 0 Å². The van der Waals surface area contributed by atoms with Gasteiger partial charge in [0.1, 0.15) is 6.10 Å². The lowest BCUT2D eigenvalue weighted by molar-refractivity contribution is -0.122. The van der Waals surface area contributed by atoms with E-state index >= 15 is 0 Å². The van der Waals surface area contributed by atoms with E-state index in [-0.39, 0.29) is 18.2 Å². The molecule has 3 atom stereocenters. The predicted molar refractivity (Wildman–Crippen MR) is 52.4 cm³/mol. The van der Waals surface area contributed by atoms with Crippen LogP contribution in [-0.4, -0.2) is 22.4 Å². The van der Waals surface area contributed by atoms with Crippen LogP contribution in [0.15, 0.2) is 11.5 Å². The van der Waals surface area contributed by atoms with Crippen LogP contribution in [0.5, 0.6) is 0 Å². The first kappa shape index (κ1) is 9.37. The zero-order chi connectivity index (χ0) is 9.47. The number of nitrogens with one attached hydrogen (secondary N) is 1. The Balaban J connectivity index is 1.89. The highest BCUT2D eigenvalue weighted by molar-refractivity contribution is 8.05. The molecular formula is C8H10ClNO2S. The van der Waals surface area contributed by atoms with Crippen LogP contribution >= 0.6 is 23.4 Å². The lowest BCUT2D eigenvalue weighted by atomic mass is 10.3. The zero-order valence-electron chi connectivity index (χ0n) is 7.12. The molecule has 2 aliphatic heterocycles. The summed E-state index contributed by atoms with van der Waals surface area (Å²) in [5.41, 5.74) is 0. The number of ether oxygens (including phenoxy) is 1. The number of carbonyl (C=O) groups excluding carboxylic acids is 1. The Morgan fingerprint density at radius 3 is 3.00 bits per heavy atom. The molecule has 1 amide bonds. The Kier molecular flexibility index (Phi) is 2.30. The van der Waals surface area contributed by atoms with Gasteiger partial charge in [-0.1, -0.05) is 17.7 Å². The predicted octanol–water partition coefficient (Wildman–Crippen LogP) is 1.43. The van der Waals surface area contributed by atoms with E-state index in [0.717, 1.165) is 0 Å². The second kappa shape index (κ2) is 3.19. The Labute approximate surface area is 85.8 Å². The molecule has 2 heterocycles. The van der Waals surface area contributed by atoms with Crippen molar-refractivity contribution in [3.8, 4) is 0 Å². The molecular weight excluding hydrogens is 210 g/mol. The molecule has 13 heavy (non-hydrogen) atoms. The number of hydrogen-bond acceptors (Lipinski definition) is 3. The van der Waals surface area contributed by atoms with Crippen molar-refractivity contribution in [3.63, 3.8) is 0 Å². The van der Waals surface area contributed by atoms with Crippen LogP contribution in [0.3, 0.4) is 0 Å². The smallest absolute Gasteiger partial charge is 0.254 e. The van der Waals surface area contributed by atoms with E-state index in [0.29, 0.717) is 6.42 Å². The minimum atomic E-state index is -0.842. The monoisotopic (exact) mass is 219 g/mol.